The number of rotatable bonds is 6. The summed E-state index contributed by atoms with van der Waals surface area (Å²) in [5.41, 5.74) is 12.8. The van der Waals surface area contributed by atoms with Gasteiger partial charge in [0.15, 0.2) is 5.58 Å². The van der Waals surface area contributed by atoms with Crippen molar-refractivity contribution in [3.63, 3.8) is 0 Å². The number of para-hydroxylation sites is 2. The molecular weight excluding hydrogens is 536 g/mol. The van der Waals surface area contributed by atoms with Crippen molar-refractivity contribution in [1.29, 1.82) is 0 Å². The van der Waals surface area contributed by atoms with Gasteiger partial charge >= 0.3 is 0 Å². The molecule has 2 heterocycles. The summed E-state index contributed by atoms with van der Waals surface area (Å²) >= 11 is 0. The second-order valence-corrected chi connectivity index (χ2v) is 10.9. The molecule has 0 saturated heterocycles. The molecule has 0 amide bonds. The maximum Gasteiger partial charge on any atom is 0.155 e. The van der Waals surface area contributed by atoms with Crippen molar-refractivity contribution in [3.05, 3.63) is 170 Å². The van der Waals surface area contributed by atoms with Gasteiger partial charge in [-0.25, -0.2) is 4.98 Å². The van der Waals surface area contributed by atoms with Gasteiger partial charge in [0.1, 0.15) is 11.1 Å². The molecule has 0 aliphatic rings. The smallest absolute Gasteiger partial charge is 0.155 e. The Morgan fingerprint density at radius 3 is 1.43 bits per heavy atom. The van der Waals surface area contributed by atoms with E-state index in [1.54, 1.807) is 0 Å². The SMILES string of the molecule is c1ccc(-c2ccc(-c3ccc(-c4ccc(N(c5ccccc5)c5cnc6c(c5)oc5ccccc56)cc4)cc3)cc2)cc1. The molecule has 0 aliphatic carbocycles. The fourth-order valence-corrected chi connectivity index (χ4v) is 5.87. The number of hydrogen-bond acceptors (Lipinski definition) is 3. The van der Waals surface area contributed by atoms with Crippen molar-refractivity contribution in [2.24, 2.45) is 0 Å². The van der Waals surface area contributed by atoms with Gasteiger partial charge in [-0.1, -0.05) is 121 Å². The van der Waals surface area contributed by atoms with Crippen LogP contribution in [0.15, 0.2) is 174 Å². The molecule has 8 aromatic rings. The summed E-state index contributed by atoms with van der Waals surface area (Å²) in [5.74, 6) is 0. The fraction of sp³-hybridized carbons (Fsp3) is 0. The minimum atomic E-state index is 0.774. The summed E-state index contributed by atoms with van der Waals surface area (Å²) in [4.78, 5) is 7.04. The zero-order valence-electron chi connectivity index (χ0n) is 24.0. The molecule has 0 aliphatic heterocycles. The van der Waals surface area contributed by atoms with E-state index in [9.17, 15) is 0 Å². The molecule has 0 unspecified atom stereocenters. The Bertz CT molecular complexity index is 2180. The third-order valence-corrected chi connectivity index (χ3v) is 8.14. The molecule has 3 heteroatoms. The molecule has 208 valence electrons. The Morgan fingerprint density at radius 1 is 0.386 bits per heavy atom. The second kappa shape index (κ2) is 11.0. The van der Waals surface area contributed by atoms with Gasteiger partial charge in [0.2, 0.25) is 0 Å². The van der Waals surface area contributed by atoms with Crippen molar-refractivity contribution < 1.29 is 4.42 Å². The number of aromatic nitrogens is 1. The van der Waals surface area contributed by atoms with Crippen molar-refractivity contribution in [1.82, 2.24) is 4.98 Å². The summed E-state index contributed by atoms with van der Waals surface area (Å²) in [5, 5.41) is 1.03. The maximum atomic E-state index is 6.17. The predicted octanol–water partition coefficient (Wildman–Crippen LogP) is 11.5. The Kier molecular flexibility index (Phi) is 6.47. The minimum Gasteiger partial charge on any atom is -0.454 e. The van der Waals surface area contributed by atoms with Gasteiger partial charge in [0, 0.05) is 22.8 Å². The average Bonchev–Trinajstić information content (AvgIpc) is 3.48. The van der Waals surface area contributed by atoms with Gasteiger partial charge in [0.25, 0.3) is 0 Å². The number of hydrogen-bond donors (Lipinski definition) is 0. The van der Waals surface area contributed by atoms with Crippen LogP contribution in [0, 0.1) is 0 Å². The van der Waals surface area contributed by atoms with E-state index in [0.717, 1.165) is 39.1 Å². The van der Waals surface area contributed by atoms with E-state index in [2.05, 4.69) is 138 Å². The highest BCUT2D eigenvalue weighted by Gasteiger charge is 2.16. The Hall–Kier alpha value is -5.93. The van der Waals surface area contributed by atoms with Crippen LogP contribution in [0.1, 0.15) is 0 Å². The Morgan fingerprint density at radius 2 is 0.841 bits per heavy atom. The predicted molar refractivity (Wildman–Crippen MR) is 183 cm³/mol. The molecule has 44 heavy (non-hydrogen) atoms. The van der Waals surface area contributed by atoms with Gasteiger partial charge in [-0.3, -0.25) is 0 Å². The van der Waals surface area contributed by atoms with Gasteiger partial charge < -0.3 is 9.32 Å². The molecular formula is C41H28N2O. The topological polar surface area (TPSA) is 29.3 Å². The van der Waals surface area contributed by atoms with Gasteiger partial charge in [-0.2, -0.15) is 0 Å². The van der Waals surface area contributed by atoms with Gasteiger partial charge in [-0.15, -0.1) is 0 Å². The van der Waals surface area contributed by atoms with Crippen molar-refractivity contribution in [3.8, 4) is 33.4 Å². The molecule has 0 spiro atoms. The van der Waals surface area contributed by atoms with E-state index >= 15 is 0 Å². The summed E-state index contributed by atoms with van der Waals surface area (Å²) in [6.45, 7) is 0. The standard InChI is InChI=1S/C41H28N2O/c1-3-9-29(10-4-1)30-15-17-31(18-16-30)32-19-21-33(22-20-32)34-23-25-36(26-24-34)43(35-11-5-2-6-12-35)37-27-40-41(42-28-37)38-13-7-8-14-39(38)44-40/h1-28H. The zero-order valence-corrected chi connectivity index (χ0v) is 24.0. The first-order valence-electron chi connectivity index (χ1n) is 14.8. The Labute approximate surface area is 256 Å². The maximum absolute atomic E-state index is 6.17. The lowest BCUT2D eigenvalue weighted by Crippen LogP contribution is -2.10. The number of nitrogens with zero attached hydrogens (tertiary/aromatic N) is 2. The first-order valence-corrected chi connectivity index (χ1v) is 14.8. The third kappa shape index (κ3) is 4.81. The van der Waals surface area contributed by atoms with Crippen LogP contribution < -0.4 is 4.90 Å². The molecule has 2 aromatic heterocycles. The highest BCUT2D eigenvalue weighted by molar-refractivity contribution is 6.03. The van der Waals surface area contributed by atoms with Crippen LogP contribution in [0.5, 0.6) is 0 Å². The highest BCUT2D eigenvalue weighted by Crippen LogP contribution is 2.38. The highest BCUT2D eigenvalue weighted by atomic mass is 16.3. The van der Waals surface area contributed by atoms with Gasteiger partial charge in [0.05, 0.1) is 11.9 Å². The number of pyridine rings is 1. The first-order chi connectivity index (χ1) is 21.8. The number of benzene rings is 6. The summed E-state index contributed by atoms with van der Waals surface area (Å²) in [6, 6.07) is 57.2. The first kappa shape index (κ1) is 25.8. The lowest BCUT2D eigenvalue weighted by atomic mass is 9.98. The van der Waals surface area contributed by atoms with Crippen molar-refractivity contribution in [2.75, 3.05) is 4.90 Å². The second-order valence-electron chi connectivity index (χ2n) is 10.9. The third-order valence-electron chi connectivity index (χ3n) is 8.14. The molecule has 0 atom stereocenters. The van der Waals surface area contributed by atoms with E-state index < -0.39 is 0 Å². The normalized spacial score (nSPS) is 11.2. The van der Waals surface area contributed by atoms with Crippen LogP contribution in [0.3, 0.4) is 0 Å². The van der Waals surface area contributed by atoms with Crippen molar-refractivity contribution in [2.45, 2.75) is 0 Å². The van der Waals surface area contributed by atoms with Crippen LogP contribution in [0.2, 0.25) is 0 Å². The van der Waals surface area contributed by atoms with Crippen LogP contribution >= 0.6 is 0 Å². The fourth-order valence-electron chi connectivity index (χ4n) is 5.87. The van der Waals surface area contributed by atoms with Gasteiger partial charge in [-0.05, 0) is 69.8 Å². The molecule has 0 saturated carbocycles. The van der Waals surface area contributed by atoms with Crippen LogP contribution in [-0.4, -0.2) is 4.98 Å². The quantitative estimate of drug-likeness (QED) is 0.201. The van der Waals surface area contributed by atoms with E-state index in [1.165, 1.54) is 33.4 Å². The number of furan rings is 1. The van der Waals surface area contributed by atoms with E-state index in [1.807, 2.05) is 36.5 Å². The van der Waals surface area contributed by atoms with E-state index in [0.29, 0.717) is 0 Å². The number of anilines is 3. The summed E-state index contributed by atoms with van der Waals surface area (Å²) in [7, 11) is 0. The molecule has 3 nitrogen and oxygen atoms in total. The van der Waals surface area contributed by atoms with Crippen LogP contribution in [0.4, 0.5) is 17.1 Å². The largest absolute Gasteiger partial charge is 0.454 e. The van der Waals surface area contributed by atoms with E-state index in [4.69, 9.17) is 9.40 Å². The molecule has 0 radical (unpaired) electrons. The van der Waals surface area contributed by atoms with Crippen LogP contribution in [0.25, 0.3) is 55.4 Å². The average molecular weight is 565 g/mol. The molecule has 8 rings (SSSR count). The molecule has 0 fully saturated rings. The zero-order chi connectivity index (χ0) is 29.3. The van der Waals surface area contributed by atoms with Crippen molar-refractivity contribution >= 4 is 39.1 Å². The Balaban J connectivity index is 1.08. The van der Waals surface area contributed by atoms with Crippen LogP contribution in [-0.2, 0) is 0 Å². The summed E-state index contributed by atoms with van der Waals surface area (Å²) < 4.78 is 6.17. The molecule has 0 bridgehead atoms. The summed E-state index contributed by atoms with van der Waals surface area (Å²) in [6.07, 6.45) is 1.93. The van der Waals surface area contributed by atoms with E-state index in [-0.39, 0.29) is 0 Å². The lowest BCUT2D eigenvalue weighted by molar-refractivity contribution is 0.668. The number of fused-ring (bicyclic) bond motifs is 3. The molecule has 0 N–H and O–H groups in total. The monoisotopic (exact) mass is 564 g/mol. The molecule has 6 aromatic carbocycles. The minimum absolute atomic E-state index is 0.774. The lowest BCUT2D eigenvalue weighted by Gasteiger charge is -2.25.